The van der Waals surface area contributed by atoms with Gasteiger partial charge in [0.15, 0.2) is 0 Å². The van der Waals surface area contributed by atoms with Crippen molar-refractivity contribution in [1.29, 1.82) is 0 Å². The first-order chi connectivity index (χ1) is 24.0. The second kappa shape index (κ2) is 15.8. The minimum absolute atomic E-state index is 0.0204. The summed E-state index contributed by atoms with van der Waals surface area (Å²) in [5.74, 6) is 1.38. The van der Waals surface area contributed by atoms with Crippen LogP contribution in [-0.2, 0) is 16.2 Å². The quantitative estimate of drug-likeness (QED) is 0.181. The van der Waals surface area contributed by atoms with E-state index in [4.69, 9.17) is 15.3 Å². The summed E-state index contributed by atoms with van der Waals surface area (Å²) in [4.78, 5) is 36.0. The van der Waals surface area contributed by atoms with Gasteiger partial charge in [0.2, 0.25) is 5.91 Å². The molecule has 0 unspecified atom stereocenters. The number of carbonyl (C=O) groups excluding carboxylic acids is 2. The van der Waals surface area contributed by atoms with Gasteiger partial charge in [-0.1, -0.05) is 52.8 Å². The minimum Gasteiger partial charge on any atom is -0.496 e. The molecule has 3 aliphatic carbocycles. The van der Waals surface area contributed by atoms with E-state index < -0.39 is 24.2 Å². The van der Waals surface area contributed by atoms with E-state index in [0.29, 0.717) is 46.2 Å². The maximum Gasteiger partial charge on any atom is 0.251 e. The Labute approximate surface area is 304 Å². The van der Waals surface area contributed by atoms with E-state index in [1.165, 1.54) is 6.42 Å². The molecule has 0 aromatic heterocycles. The number of nitrogen functional groups attached to an aromatic ring is 1. The highest BCUT2D eigenvalue weighted by Crippen LogP contribution is 2.61. The third-order valence-corrected chi connectivity index (χ3v) is 11.9. The summed E-state index contributed by atoms with van der Waals surface area (Å²) in [6, 6.07) is 10.2. The van der Waals surface area contributed by atoms with Gasteiger partial charge in [-0.15, -0.1) is 0 Å². The third kappa shape index (κ3) is 8.23. The molecule has 11 heteroatoms. The normalized spacial score (nSPS) is 28.3. The van der Waals surface area contributed by atoms with E-state index in [1.54, 1.807) is 25.2 Å². The number of likely N-dealkylation sites (N-methyl/N-ethyl adjacent to an activating group) is 1. The van der Waals surface area contributed by atoms with Crippen LogP contribution in [0, 0.1) is 35.0 Å². The molecular formula is C40H61N5O6. The van der Waals surface area contributed by atoms with Crippen molar-refractivity contribution < 1.29 is 29.4 Å². The largest absolute Gasteiger partial charge is 0.496 e. The second-order valence-electron chi connectivity index (χ2n) is 16.6. The number of carbonyl (C=O) groups is 2. The van der Waals surface area contributed by atoms with E-state index in [-0.39, 0.29) is 42.5 Å². The maximum absolute atomic E-state index is 14.2. The van der Waals surface area contributed by atoms with E-state index in [2.05, 4.69) is 50.2 Å². The standard InChI is InChI=1S/C40H61N5O6/c1-22(2)13-30(20-44(7)8)42-38(48)27-14-26(15-29(41)16-27)31-12-10-11-25(37(31)50-9)19-45-36(35(24(4)47)34(21-46)51-45)39(49)43-33-18-28-17-32(23(33)3)40(28,5)6/h10-12,14-16,22-24,28,30,32-36,46-47H,13,17-21,41H2,1-9H3,(H,42,48)(H,43,49)/t23-,24-,28-,30-,32+,33-,34-,35+,36-/m0/s1. The van der Waals surface area contributed by atoms with Crippen LogP contribution in [0.15, 0.2) is 36.4 Å². The highest BCUT2D eigenvalue weighted by molar-refractivity contribution is 5.97. The van der Waals surface area contributed by atoms with Gasteiger partial charge in [-0.25, -0.2) is 0 Å². The Kier molecular flexibility index (Phi) is 12.1. The molecule has 1 saturated heterocycles. The Balaban J connectivity index is 1.41. The van der Waals surface area contributed by atoms with Crippen LogP contribution in [0.2, 0.25) is 0 Å². The van der Waals surface area contributed by atoms with Crippen molar-refractivity contribution in [1.82, 2.24) is 20.6 Å². The summed E-state index contributed by atoms with van der Waals surface area (Å²) in [7, 11) is 5.57. The van der Waals surface area contributed by atoms with Gasteiger partial charge >= 0.3 is 0 Å². The first kappa shape index (κ1) is 39.0. The van der Waals surface area contributed by atoms with Crippen LogP contribution in [0.25, 0.3) is 11.1 Å². The van der Waals surface area contributed by atoms with Gasteiger partial charge in [-0.05, 0) is 93.1 Å². The fraction of sp³-hybridized carbons (Fsp3) is 0.650. The Morgan fingerprint density at radius 2 is 1.88 bits per heavy atom. The smallest absolute Gasteiger partial charge is 0.251 e. The molecule has 0 spiro atoms. The average Bonchev–Trinajstić information content (AvgIpc) is 3.43. The van der Waals surface area contributed by atoms with Crippen molar-refractivity contribution in [3.8, 4) is 16.9 Å². The number of fused-ring (bicyclic) bond motifs is 2. The first-order valence-electron chi connectivity index (χ1n) is 18.6. The van der Waals surface area contributed by atoms with Crippen LogP contribution < -0.4 is 21.1 Å². The van der Waals surface area contributed by atoms with E-state index in [9.17, 15) is 19.8 Å². The minimum atomic E-state index is -0.901. The molecule has 1 heterocycles. The number of nitrogens with zero attached hydrogens (tertiary/aromatic N) is 2. The molecule has 6 N–H and O–H groups in total. The summed E-state index contributed by atoms with van der Waals surface area (Å²) >= 11 is 0. The van der Waals surface area contributed by atoms with Crippen LogP contribution in [0.1, 0.15) is 76.7 Å². The predicted octanol–water partition coefficient (Wildman–Crippen LogP) is 4.31. The van der Waals surface area contributed by atoms with Crippen LogP contribution in [0.4, 0.5) is 5.69 Å². The summed E-state index contributed by atoms with van der Waals surface area (Å²) < 4.78 is 6.00. The lowest BCUT2D eigenvalue weighted by molar-refractivity contribution is -0.183. The number of amides is 2. The number of rotatable bonds is 14. The van der Waals surface area contributed by atoms with E-state index >= 15 is 0 Å². The molecule has 4 fully saturated rings. The number of nitrogens with two attached hydrogens (primary N) is 1. The van der Waals surface area contributed by atoms with E-state index in [0.717, 1.165) is 30.5 Å². The maximum atomic E-state index is 14.2. The fourth-order valence-electron chi connectivity index (χ4n) is 9.23. The number of hydrogen-bond acceptors (Lipinski definition) is 9. The summed E-state index contributed by atoms with van der Waals surface area (Å²) in [6.45, 7) is 13.4. The molecule has 2 aromatic rings. The zero-order valence-corrected chi connectivity index (χ0v) is 32.0. The average molecular weight is 708 g/mol. The molecule has 2 aromatic carbocycles. The lowest BCUT2D eigenvalue weighted by atomic mass is 9.45. The van der Waals surface area contributed by atoms with E-state index in [1.807, 2.05) is 44.4 Å². The molecule has 282 valence electrons. The monoisotopic (exact) mass is 707 g/mol. The zero-order chi connectivity index (χ0) is 37.4. The number of aliphatic hydroxyl groups excluding tert-OH is 2. The highest BCUT2D eigenvalue weighted by Gasteiger charge is 2.57. The van der Waals surface area contributed by atoms with Crippen molar-refractivity contribution in [3.63, 3.8) is 0 Å². The first-order valence-corrected chi connectivity index (χ1v) is 18.6. The number of nitrogens with one attached hydrogen (secondary N) is 2. The van der Waals surface area contributed by atoms with Crippen LogP contribution in [-0.4, -0.2) is 96.7 Å². The van der Waals surface area contributed by atoms with Crippen LogP contribution in [0.3, 0.4) is 0 Å². The lowest BCUT2D eigenvalue weighted by Crippen LogP contribution is -2.62. The Morgan fingerprint density at radius 1 is 1.16 bits per heavy atom. The summed E-state index contributed by atoms with van der Waals surface area (Å²) in [5.41, 5.74) is 9.74. The van der Waals surface area contributed by atoms with Gasteiger partial charge in [0.25, 0.3) is 5.91 Å². The van der Waals surface area contributed by atoms with Gasteiger partial charge < -0.3 is 36.2 Å². The number of para-hydroxylation sites is 1. The van der Waals surface area contributed by atoms with Crippen molar-refractivity contribution in [2.24, 2.45) is 35.0 Å². The van der Waals surface area contributed by atoms with Gasteiger partial charge in [0, 0.05) is 46.9 Å². The van der Waals surface area contributed by atoms with Crippen LogP contribution >= 0.6 is 0 Å². The molecule has 6 rings (SSSR count). The number of benzene rings is 2. The Hall–Kier alpha value is -3.22. The molecule has 2 amide bonds. The van der Waals surface area contributed by atoms with Crippen LogP contribution in [0.5, 0.6) is 5.75 Å². The summed E-state index contributed by atoms with van der Waals surface area (Å²) in [6.07, 6.45) is 1.32. The Morgan fingerprint density at radius 3 is 2.47 bits per heavy atom. The number of aliphatic hydroxyl groups is 2. The van der Waals surface area contributed by atoms with Gasteiger partial charge in [-0.3, -0.25) is 14.4 Å². The lowest BCUT2D eigenvalue weighted by Gasteiger charge is -2.62. The molecule has 51 heavy (non-hydrogen) atoms. The molecule has 1 aliphatic heterocycles. The number of anilines is 1. The molecule has 9 atom stereocenters. The SMILES string of the molecule is COc1c(CN2O[C@@H](CO)[C@@H]([C@H](C)O)[C@H]2C(=O)N[C@H]2C[C@@H]3C[C@H]([C@@H]2C)C3(C)C)cccc1-c1cc(N)cc(C(=O)N[C@@H](CC(C)C)CN(C)C)c1. The van der Waals surface area contributed by atoms with Gasteiger partial charge in [-0.2, -0.15) is 5.06 Å². The van der Waals surface area contributed by atoms with Crippen molar-refractivity contribution in [2.45, 2.75) is 97.7 Å². The second-order valence-corrected chi connectivity index (χ2v) is 16.6. The molecule has 0 radical (unpaired) electrons. The van der Waals surface area contributed by atoms with Crippen molar-refractivity contribution in [3.05, 3.63) is 47.5 Å². The number of methoxy groups -OCH3 is 1. The zero-order valence-electron chi connectivity index (χ0n) is 32.0. The molecule has 11 nitrogen and oxygen atoms in total. The summed E-state index contributed by atoms with van der Waals surface area (Å²) in [5, 5.41) is 29.3. The Bertz CT molecular complexity index is 1540. The third-order valence-electron chi connectivity index (χ3n) is 11.9. The molecule has 3 saturated carbocycles. The highest BCUT2D eigenvalue weighted by atomic mass is 16.7. The number of ether oxygens (including phenoxy) is 1. The number of hydrogen-bond donors (Lipinski definition) is 5. The topological polar surface area (TPSA) is 150 Å². The molecule has 4 aliphatic rings. The van der Waals surface area contributed by atoms with Crippen molar-refractivity contribution >= 4 is 17.5 Å². The molecular weight excluding hydrogens is 646 g/mol. The molecule has 2 bridgehead atoms. The van der Waals surface area contributed by atoms with Gasteiger partial charge in [0.1, 0.15) is 17.9 Å². The fourth-order valence-corrected chi connectivity index (χ4v) is 9.23. The van der Waals surface area contributed by atoms with Gasteiger partial charge in [0.05, 0.1) is 26.4 Å². The van der Waals surface area contributed by atoms with Crippen molar-refractivity contribution in [2.75, 3.05) is 40.1 Å². The number of hydroxylamine groups is 2. The predicted molar refractivity (Wildman–Crippen MR) is 200 cm³/mol.